The van der Waals surface area contributed by atoms with Gasteiger partial charge >= 0.3 is 5.97 Å². The number of carbonyl (C=O) groups excluding carboxylic acids is 1. The van der Waals surface area contributed by atoms with Crippen LogP contribution in [0.15, 0.2) is 18.2 Å². The van der Waals surface area contributed by atoms with E-state index in [1.54, 1.807) is 0 Å². The minimum Gasteiger partial charge on any atom is -0.467 e. The van der Waals surface area contributed by atoms with Crippen molar-refractivity contribution in [3.8, 4) is 0 Å². The Labute approximate surface area is 117 Å². The molecule has 2 N–H and O–H groups in total. The predicted molar refractivity (Wildman–Crippen MR) is 72.8 cm³/mol. The minimum atomic E-state index is -0.921. The molecule has 20 heavy (non-hydrogen) atoms. The maximum absolute atomic E-state index is 11.3. The quantitative estimate of drug-likeness (QED) is 0.483. The summed E-state index contributed by atoms with van der Waals surface area (Å²) in [6.07, 6.45) is 0. The first-order chi connectivity index (χ1) is 9.55. The number of rotatable bonds is 5. The Balaban J connectivity index is 2.27. The van der Waals surface area contributed by atoms with Gasteiger partial charge in [-0.3, -0.25) is 10.1 Å². The molecule has 0 saturated heterocycles. The van der Waals surface area contributed by atoms with Crippen molar-refractivity contribution in [2.45, 2.75) is 6.04 Å². The van der Waals surface area contributed by atoms with Gasteiger partial charge in [-0.05, 0) is 6.07 Å². The van der Waals surface area contributed by atoms with E-state index in [1.807, 2.05) is 0 Å². The SMILES string of the molecule is COC(=O)[C@@H](CO)Nc1nc2ccc([N+](=O)[O-])cc2s1. The number of hydrogen-bond acceptors (Lipinski definition) is 8. The Morgan fingerprint density at radius 2 is 2.40 bits per heavy atom. The first kappa shape index (κ1) is 14.2. The average molecular weight is 297 g/mol. The number of nitrogens with one attached hydrogen (secondary N) is 1. The zero-order valence-electron chi connectivity index (χ0n) is 10.4. The van der Waals surface area contributed by atoms with Gasteiger partial charge in [-0.1, -0.05) is 11.3 Å². The third kappa shape index (κ3) is 2.83. The van der Waals surface area contributed by atoms with E-state index >= 15 is 0 Å². The lowest BCUT2D eigenvalue weighted by molar-refractivity contribution is -0.384. The minimum absolute atomic E-state index is 0.0284. The van der Waals surface area contributed by atoms with Crippen molar-refractivity contribution in [3.05, 3.63) is 28.3 Å². The fraction of sp³-hybridized carbons (Fsp3) is 0.273. The maximum Gasteiger partial charge on any atom is 0.330 e. The van der Waals surface area contributed by atoms with Crippen molar-refractivity contribution in [3.63, 3.8) is 0 Å². The highest BCUT2D eigenvalue weighted by Gasteiger charge is 2.19. The lowest BCUT2D eigenvalue weighted by Crippen LogP contribution is -2.33. The van der Waals surface area contributed by atoms with Crippen LogP contribution in [0, 0.1) is 10.1 Å². The molecule has 1 atom stereocenters. The van der Waals surface area contributed by atoms with Crippen molar-refractivity contribution < 1.29 is 19.6 Å². The summed E-state index contributed by atoms with van der Waals surface area (Å²) in [4.78, 5) is 25.7. The fourth-order valence-electron chi connectivity index (χ4n) is 1.56. The molecule has 9 heteroatoms. The third-order valence-corrected chi connectivity index (χ3v) is 3.50. The van der Waals surface area contributed by atoms with Crippen LogP contribution in [0.5, 0.6) is 0 Å². The van der Waals surface area contributed by atoms with E-state index in [0.29, 0.717) is 15.3 Å². The molecule has 1 aromatic carbocycles. The number of nitrogens with zero attached hydrogens (tertiary/aromatic N) is 2. The number of benzene rings is 1. The van der Waals surface area contributed by atoms with E-state index in [-0.39, 0.29) is 5.69 Å². The van der Waals surface area contributed by atoms with Crippen molar-refractivity contribution in [1.29, 1.82) is 0 Å². The molecule has 0 spiro atoms. The molecule has 0 aliphatic heterocycles. The Morgan fingerprint density at radius 1 is 1.65 bits per heavy atom. The molecule has 1 aromatic heterocycles. The van der Waals surface area contributed by atoms with Crippen molar-refractivity contribution in [2.75, 3.05) is 19.0 Å². The monoisotopic (exact) mass is 297 g/mol. The topological polar surface area (TPSA) is 115 Å². The second kappa shape index (κ2) is 5.80. The van der Waals surface area contributed by atoms with Crippen LogP contribution >= 0.6 is 11.3 Å². The van der Waals surface area contributed by atoms with E-state index in [4.69, 9.17) is 5.11 Å². The van der Waals surface area contributed by atoms with Crippen LogP contribution in [0.2, 0.25) is 0 Å². The Morgan fingerprint density at radius 3 is 3.00 bits per heavy atom. The van der Waals surface area contributed by atoms with Crippen LogP contribution in [0.3, 0.4) is 0 Å². The van der Waals surface area contributed by atoms with Crippen LogP contribution in [0.25, 0.3) is 10.2 Å². The molecule has 0 aliphatic carbocycles. The molecule has 106 valence electrons. The van der Waals surface area contributed by atoms with Crippen molar-refractivity contribution in [2.24, 2.45) is 0 Å². The molecule has 0 aliphatic rings. The number of ether oxygens (including phenoxy) is 1. The molecule has 0 radical (unpaired) electrons. The largest absolute Gasteiger partial charge is 0.467 e. The standard InChI is InChI=1S/C11H11N3O5S/c1-19-10(16)8(5-15)13-11-12-7-3-2-6(14(17)18)4-9(7)20-11/h2-4,8,15H,5H2,1H3,(H,12,13)/t8-/m1/s1. The van der Waals surface area contributed by atoms with E-state index in [0.717, 1.165) is 11.3 Å². The van der Waals surface area contributed by atoms with Gasteiger partial charge < -0.3 is 15.2 Å². The Bertz CT molecular complexity index is 657. The molecule has 0 saturated carbocycles. The number of aromatic nitrogens is 1. The molecule has 0 bridgehead atoms. The second-order valence-corrected chi connectivity index (χ2v) is 4.86. The molecule has 0 amide bonds. The number of methoxy groups -OCH3 is 1. The summed E-state index contributed by atoms with van der Waals surface area (Å²) in [5.41, 5.74) is 0.545. The summed E-state index contributed by atoms with van der Waals surface area (Å²) in [5, 5.41) is 22.9. The van der Waals surface area contributed by atoms with E-state index in [1.165, 1.54) is 25.3 Å². The zero-order valence-corrected chi connectivity index (χ0v) is 11.2. The van der Waals surface area contributed by atoms with Crippen LogP contribution in [0.4, 0.5) is 10.8 Å². The summed E-state index contributed by atoms with van der Waals surface area (Å²) in [6.45, 7) is -0.442. The molecule has 8 nitrogen and oxygen atoms in total. The number of thiazole rings is 1. The Hall–Kier alpha value is -2.26. The molecule has 2 aromatic rings. The molecule has 1 heterocycles. The maximum atomic E-state index is 11.3. The number of fused-ring (bicyclic) bond motifs is 1. The fourth-order valence-corrected chi connectivity index (χ4v) is 2.51. The van der Waals surface area contributed by atoms with E-state index < -0.39 is 23.5 Å². The first-order valence-electron chi connectivity index (χ1n) is 5.55. The summed E-state index contributed by atoms with van der Waals surface area (Å²) in [5.74, 6) is -0.613. The van der Waals surface area contributed by atoms with Gasteiger partial charge in [-0.15, -0.1) is 0 Å². The number of aliphatic hydroxyl groups excluding tert-OH is 1. The molecular formula is C11H11N3O5S. The first-order valence-corrected chi connectivity index (χ1v) is 6.37. The van der Waals surface area contributed by atoms with Gasteiger partial charge in [0.1, 0.15) is 6.04 Å². The molecule has 0 unspecified atom stereocenters. The number of non-ortho nitro benzene ring substituents is 1. The number of nitro benzene ring substituents is 1. The number of anilines is 1. The van der Waals surface area contributed by atoms with Gasteiger partial charge in [-0.2, -0.15) is 0 Å². The number of esters is 1. The highest BCUT2D eigenvalue weighted by Crippen LogP contribution is 2.29. The van der Waals surface area contributed by atoms with E-state index in [2.05, 4.69) is 15.0 Å². The number of nitro groups is 1. The number of hydrogen-bond donors (Lipinski definition) is 2. The zero-order chi connectivity index (χ0) is 14.7. The van der Waals surface area contributed by atoms with Crippen LogP contribution in [-0.4, -0.2) is 40.7 Å². The predicted octanol–water partition coefficient (Wildman–Crippen LogP) is 1.15. The third-order valence-electron chi connectivity index (χ3n) is 2.55. The van der Waals surface area contributed by atoms with Crippen LogP contribution in [0.1, 0.15) is 0 Å². The molecule has 0 fully saturated rings. The summed E-state index contributed by atoms with van der Waals surface area (Å²) >= 11 is 1.15. The van der Waals surface area contributed by atoms with Gasteiger partial charge in [0, 0.05) is 12.1 Å². The highest BCUT2D eigenvalue weighted by molar-refractivity contribution is 7.22. The normalized spacial score (nSPS) is 12.1. The van der Waals surface area contributed by atoms with Gasteiger partial charge in [0.05, 0.1) is 28.9 Å². The van der Waals surface area contributed by atoms with Gasteiger partial charge in [0.25, 0.3) is 5.69 Å². The number of aliphatic hydroxyl groups is 1. The van der Waals surface area contributed by atoms with Crippen molar-refractivity contribution >= 4 is 38.3 Å². The lowest BCUT2D eigenvalue weighted by Gasteiger charge is -2.12. The van der Waals surface area contributed by atoms with Crippen molar-refractivity contribution in [1.82, 2.24) is 4.98 Å². The highest BCUT2D eigenvalue weighted by atomic mass is 32.1. The van der Waals surface area contributed by atoms with E-state index in [9.17, 15) is 14.9 Å². The van der Waals surface area contributed by atoms with Crippen LogP contribution in [-0.2, 0) is 9.53 Å². The smallest absolute Gasteiger partial charge is 0.330 e. The van der Waals surface area contributed by atoms with Gasteiger partial charge in [-0.25, -0.2) is 9.78 Å². The summed E-state index contributed by atoms with van der Waals surface area (Å²) < 4.78 is 5.14. The summed E-state index contributed by atoms with van der Waals surface area (Å²) in [7, 11) is 1.22. The Kier molecular flexibility index (Phi) is 4.11. The summed E-state index contributed by atoms with van der Waals surface area (Å²) in [6, 6.07) is 3.37. The average Bonchev–Trinajstić information content (AvgIpc) is 2.85. The molecular weight excluding hydrogens is 286 g/mol. The van der Waals surface area contributed by atoms with Crippen LogP contribution < -0.4 is 5.32 Å². The van der Waals surface area contributed by atoms with Gasteiger partial charge in [0.15, 0.2) is 5.13 Å². The second-order valence-electron chi connectivity index (χ2n) is 3.83. The lowest BCUT2D eigenvalue weighted by atomic mass is 10.3. The number of carbonyl (C=O) groups is 1. The van der Waals surface area contributed by atoms with Gasteiger partial charge in [0.2, 0.25) is 0 Å². The molecule has 2 rings (SSSR count).